The molecule has 0 radical (unpaired) electrons. The van der Waals surface area contributed by atoms with E-state index in [1.807, 2.05) is 0 Å². The van der Waals surface area contributed by atoms with Gasteiger partial charge in [0, 0.05) is 18.0 Å². The number of hydrogen-bond acceptors (Lipinski definition) is 5. The molecule has 0 heterocycles. The monoisotopic (exact) mass is 427 g/mol. The lowest BCUT2D eigenvalue weighted by molar-refractivity contribution is 0.0411. The molecule has 0 fully saturated rings. The Morgan fingerprint density at radius 3 is 2.21 bits per heavy atom. The van der Waals surface area contributed by atoms with E-state index in [9.17, 15) is 9.59 Å². The Labute approximate surface area is 177 Å². The Hall–Kier alpha value is -2.48. The van der Waals surface area contributed by atoms with Gasteiger partial charge in [0.2, 0.25) is 0 Å². The SMILES string of the molecule is CC(C)(C)OC(=O)/N=C/N(CCCOc1ccc(Cl)cc1)NC(=O)OC(C)(C)C. The molecule has 0 saturated carbocycles. The summed E-state index contributed by atoms with van der Waals surface area (Å²) < 4.78 is 16.0. The molecule has 0 aliphatic heterocycles. The van der Waals surface area contributed by atoms with Crippen LogP contribution in [0.3, 0.4) is 0 Å². The number of hydrazine groups is 1. The summed E-state index contributed by atoms with van der Waals surface area (Å²) in [6.07, 6.45) is 0.316. The summed E-state index contributed by atoms with van der Waals surface area (Å²) in [4.78, 5) is 27.5. The second-order valence-electron chi connectivity index (χ2n) is 8.19. The van der Waals surface area contributed by atoms with Crippen LogP contribution in [-0.4, -0.2) is 47.9 Å². The van der Waals surface area contributed by atoms with E-state index in [-0.39, 0.29) is 0 Å². The highest BCUT2D eigenvalue weighted by atomic mass is 35.5. The third-order valence-corrected chi connectivity index (χ3v) is 3.21. The first-order valence-corrected chi connectivity index (χ1v) is 9.64. The number of nitrogens with zero attached hydrogens (tertiary/aromatic N) is 2. The second kappa shape index (κ2) is 10.9. The van der Waals surface area contributed by atoms with E-state index in [0.717, 1.165) is 0 Å². The highest BCUT2D eigenvalue weighted by Crippen LogP contribution is 2.15. The number of ether oxygens (including phenoxy) is 3. The molecule has 0 aliphatic carbocycles. The van der Waals surface area contributed by atoms with E-state index < -0.39 is 23.4 Å². The lowest BCUT2D eigenvalue weighted by Crippen LogP contribution is -2.45. The fourth-order valence-electron chi connectivity index (χ4n) is 1.92. The molecule has 29 heavy (non-hydrogen) atoms. The Bertz CT molecular complexity index is 694. The molecule has 8 nitrogen and oxygen atoms in total. The fourth-order valence-corrected chi connectivity index (χ4v) is 2.05. The van der Waals surface area contributed by atoms with Gasteiger partial charge in [-0.25, -0.2) is 15.0 Å². The van der Waals surface area contributed by atoms with E-state index in [1.54, 1.807) is 65.8 Å². The van der Waals surface area contributed by atoms with Gasteiger partial charge in [0.05, 0.1) is 6.61 Å². The van der Waals surface area contributed by atoms with Crippen molar-refractivity contribution in [1.82, 2.24) is 10.4 Å². The van der Waals surface area contributed by atoms with Crippen molar-refractivity contribution in [2.24, 2.45) is 4.99 Å². The van der Waals surface area contributed by atoms with Crippen molar-refractivity contribution in [2.75, 3.05) is 13.2 Å². The van der Waals surface area contributed by atoms with Crippen LogP contribution in [0.5, 0.6) is 5.75 Å². The molecule has 0 unspecified atom stereocenters. The van der Waals surface area contributed by atoms with Crippen LogP contribution in [0.1, 0.15) is 48.0 Å². The first-order chi connectivity index (χ1) is 13.3. The van der Waals surface area contributed by atoms with Crippen LogP contribution in [0.4, 0.5) is 9.59 Å². The van der Waals surface area contributed by atoms with Crippen LogP contribution in [-0.2, 0) is 9.47 Å². The van der Waals surface area contributed by atoms with Crippen LogP contribution < -0.4 is 10.2 Å². The molecule has 162 valence electrons. The van der Waals surface area contributed by atoms with Gasteiger partial charge in [-0.3, -0.25) is 5.01 Å². The van der Waals surface area contributed by atoms with Crippen molar-refractivity contribution >= 4 is 30.1 Å². The van der Waals surface area contributed by atoms with Crippen molar-refractivity contribution < 1.29 is 23.8 Å². The molecule has 2 amide bonds. The van der Waals surface area contributed by atoms with Gasteiger partial charge in [-0.1, -0.05) is 11.6 Å². The lowest BCUT2D eigenvalue weighted by Gasteiger charge is -2.24. The minimum Gasteiger partial charge on any atom is -0.494 e. The number of amides is 2. The molecule has 0 aromatic heterocycles. The van der Waals surface area contributed by atoms with E-state index in [0.29, 0.717) is 30.3 Å². The van der Waals surface area contributed by atoms with Crippen LogP contribution in [0.15, 0.2) is 29.3 Å². The Morgan fingerprint density at radius 1 is 1.07 bits per heavy atom. The first-order valence-electron chi connectivity index (χ1n) is 9.26. The summed E-state index contributed by atoms with van der Waals surface area (Å²) in [5.74, 6) is 0.684. The van der Waals surface area contributed by atoms with Crippen molar-refractivity contribution in [2.45, 2.75) is 59.2 Å². The highest BCUT2D eigenvalue weighted by Gasteiger charge is 2.18. The summed E-state index contributed by atoms with van der Waals surface area (Å²) in [5, 5.41) is 1.98. The normalized spacial score (nSPS) is 11.8. The topological polar surface area (TPSA) is 89.5 Å². The van der Waals surface area contributed by atoms with Gasteiger partial charge in [-0.2, -0.15) is 4.99 Å². The van der Waals surface area contributed by atoms with E-state index in [1.165, 1.54) is 11.3 Å². The van der Waals surface area contributed by atoms with E-state index in [4.69, 9.17) is 25.8 Å². The summed E-state index contributed by atoms with van der Waals surface area (Å²) in [6, 6.07) is 7.01. The van der Waals surface area contributed by atoms with Crippen LogP contribution in [0, 0.1) is 0 Å². The van der Waals surface area contributed by atoms with Crippen LogP contribution >= 0.6 is 11.6 Å². The molecular formula is C20H30ClN3O5. The molecule has 0 saturated heterocycles. The fraction of sp³-hybridized carbons (Fsp3) is 0.550. The number of aliphatic imine (C=N–C) groups is 1. The van der Waals surface area contributed by atoms with Crippen LogP contribution in [0.2, 0.25) is 5.02 Å². The zero-order chi connectivity index (χ0) is 22.1. The van der Waals surface area contributed by atoms with Gasteiger partial charge in [-0.15, -0.1) is 0 Å². The van der Waals surface area contributed by atoms with Gasteiger partial charge in [0.1, 0.15) is 23.3 Å². The number of rotatable bonds is 7. The first kappa shape index (κ1) is 24.6. The van der Waals surface area contributed by atoms with Gasteiger partial charge in [0.15, 0.2) is 0 Å². The van der Waals surface area contributed by atoms with E-state index >= 15 is 0 Å². The number of hydrogen-bond donors (Lipinski definition) is 1. The average Bonchev–Trinajstić information content (AvgIpc) is 2.54. The number of nitrogens with one attached hydrogen (secondary N) is 1. The predicted molar refractivity (Wildman–Crippen MR) is 112 cm³/mol. The number of carbonyl (C=O) groups excluding carboxylic acids is 2. The summed E-state index contributed by atoms with van der Waals surface area (Å²) >= 11 is 5.84. The average molecular weight is 428 g/mol. The molecule has 1 N–H and O–H groups in total. The van der Waals surface area contributed by atoms with Crippen molar-refractivity contribution in [3.8, 4) is 5.75 Å². The third-order valence-electron chi connectivity index (χ3n) is 2.96. The summed E-state index contributed by atoms with van der Waals surface area (Å²) in [5.41, 5.74) is 1.22. The molecule has 9 heteroatoms. The highest BCUT2D eigenvalue weighted by molar-refractivity contribution is 6.30. The van der Waals surface area contributed by atoms with Crippen molar-refractivity contribution in [3.05, 3.63) is 29.3 Å². The standard InChI is InChI=1S/C20H30ClN3O5/c1-19(2,3)28-17(25)22-14-24(23-18(26)29-20(4,5)6)12-7-13-27-16-10-8-15(21)9-11-16/h8-11,14H,7,12-13H2,1-6H3,(H,23,26)/b22-14+. The van der Waals surface area contributed by atoms with Gasteiger partial charge in [0.25, 0.3) is 0 Å². The maximum absolute atomic E-state index is 12.0. The molecule has 0 atom stereocenters. The Balaban J connectivity index is 2.62. The minimum absolute atomic E-state index is 0.332. The van der Waals surface area contributed by atoms with Gasteiger partial charge < -0.3 is 14.2 Å². The van der Waals surface area contributed by atoms with E-state index in [2.05, 4.69) is 10.4 Å². The zero-order valence-electron chi connectivity index (χ0n) is 17.8. The molecule has 0 spiro atoms. The Kier molecular flexibility index (Phi) is 9.23. The molecule has 0 aliphatic rings. The van der Waals surface area contributed by atoms with Crippen molar-refractivity contribution in [1.29, 1.82) is 0 Å². The maximum atomic E-state index is 12.0. The van der Waals surface area contributed by atoms with Crippen LogP contribution in [0.25, 0.3) is 0 Å². The smallest absolute Gasteiger partial charge is 0.435 e. The van der Waals surface area contributed by atoms with Crippen molar-refractivity contribution in [3.63, 3.8) is 0 Å². The molecule has 1 aromatic rings. The molecule has 1 aromatic carbocycles. The second-order valence-corrected chi connectivity index (χ2v) is 8.62. The van der Waals surface area contributed by atoms with Gasteiger partial charge in [-0.05, 0) is 65.8 Å². The minimum atomic E-state index is -0.758. The zero-order valence-corrected chi connectivity index (χ0v) is 18.6. The summed E-state index contributed by atoms with van der Waals surface area (Å²) in [7, 11) is 0. The quantitative estimate of drug-likeness (QED) is 0.290. The lowest BCUT2D eigenvalue weighted by atomic mass is 10.2. The summed E-state index contributed by atoms with van der Waals surface area (Å²) in [6.45, 7) is 11.2. The Morgan fingerprint density at radius 2 is 1.66 bits per heavy atom. The molecule has 0 bridgehead atoms. The van der Waals surface area contributed by atoms with Gasteiger partial charge >= 0.3 is 12.2 Å². The third kappa shape index (κ3) is 12.6. The maximum Gasteiger partial charge on any atom is 0.435 e. The predicted octanol–water partition coefficient (Wildman–Crippen LogP) is 4.81. The molecular weight excluding hydrogens is 398 g/mol. The number of benzene rings is 1. The largest absolute Gasteiger partial charge is 0.494 e. The number of carbonyl (C=O) groups is 2. The molecule has 1 rings (SSSR count). The number of halogens is 1.